The van der Waals surface area contributed by atoms with E-state index in [0.29, 0.717) is 17.4 Å². The van der Waals surface area contributed by atoms with Gasteiger partial charge < -0.3 is 10.2 Å². The number of carbonyl (C=O) groups is 1. The highest BCUT2D eigenvalue weighted by Crippen LogP contribution is 2.27. The third kappa shape index (κ3) is 3.85. The van der Waals surface area contributed by atoms with Gasteiger partial charge in [-0.2, -0.15) is 9.50 Å². The molecular weight excluding hydrogens is 362 g/mol. The molecule has 0 spiro atoms. The van der Waals surface area contributed by atoms with Crippen LogP contribution in [0.3, 0.4) is 0 Å². The van der Waals surface area contributed by atoms with Gasteiger partial charge in [0.1, 0.15) is 5.69 Å². The second kappa shape index (κ2) is 7.48. The number of rotatable bonds is 4. The van der Waals surface area contributed by atoms with Gasteiger partial charge in [0, 0.05) is 25.7 Å². The summed E-state index contributed by atoms with van der Waals surface area (Å²) in [5, 5.41) is 8.23. The number of fused-ring (bicyclic) bond motifs is 1. The lowest BCUT2D eigenvalue weighted by molar-refractivity contribution is 0.0943. The van der Waals surface area contributed by atoms with Crippen LogP contribution in [0, 0.1) is 5.92 Å². The molecular formula is C19H21N5O2S. The Bertz CT molecular complexity index is 1010. The minimum Gasteiger partial charge on any atom is -0.347 e. The lowest BCUT2D eigenvalue weighted by Crippen LogP contribution is -2.32. The molecule has 2 aromatic heterocycles. The fourth-order valence-electron chi connectivity index (χ4n) is 3.16. The Hall–Kier alpha value is -2.74. The summed E-state index contributed by atoms with van der Waals surface area (Å²) in [6, 6.07) is 10.9. The summed E-state index contributed by atoms with van der Waals surface area (Å²) in [6.45, 7) is 4.51. The van der Waals surface area contributed by atoms with Gasteiger partial charge in [0.25, 0.3) is 11.5 Å². The van der Waals surface area contributed by atoms with Crippen LogP contribution >= 0.6 is 11.3 Å². The molecule has 0 unspecified atom stereocenters. The lowest BCUT2D eigenvalue weighted by atomic mass is 10.00. The predicted octanol–water partition coefficient (Wildman–Crippen LogP) is 2.32. The minimum atomic E-state index is -0.428. The second-order valence-electron chi connectivity index (χ2n) is 6.90. The van der Waals surface area contributed by atoms with Gasteiger partial charge >= 0.3 is 0 Å². The summed E-state index contributed by atoms with van der Waals surface area (Å²) in [6.07, 6.45) is 2.23. The first kappa shape index (κ1) is 17.7. The normalized spacial score (nSPS) is 15.2. The Morgan fingerprint density at radius 3 is 2.74 bits per heavy atom. The molecule has 4 rings (SSSR count). The zero-order valence-electron chi connectivity index (χ0n) is 15.1. The van der Waals surface area contributed by atoms with Crippen LogP contribution in [0.25, 0.3) is 4.96 Å². The highest BCUT2D eigenvalue weighted by Gasteiger charge is 2.21. The van der Waals surface area contributed by atoms with Crippen molar-refractivity contribution in [1.29, 1.82) is 0 Å². The predicted molar refractivity (Wildman–Crippen MR) is 105 cm³/mol. The summed E-state index contributed by atoms with van der Waals surface area (Å²) < 4.78 is 1.49. The molecule has 27 heavy (non-hydrogen) atoms. The molecule has 1 saturated heterocycles. The van der Waals surface area contributed by atoms with Crippen molar-refractivity contribution >= 4 is 27.3 Å². The van der Waals surface area contributed by atoms with E-state index in [2.05, 4.69) is 27.2 Å². The van der Waals surface area contributed by atoms with Crippen LogP contribution in [0.2, 0.25) is 0 Å². The summed E-state index contributed by atoms with van der Waals surface area (Å²) in [5.41, 5.74) is 0.779. The fraction of sp³-hybridized carbons (Fsp3) is 0.368. The highest BCUT2D eigenvalue weighted by molar-refractivity contribution is 7.20. The van der Waals surface area contributed by atoms with Crippen LogP contribution in [0.5, 0.6) is 0 Å². The summed E-state index contributed by atoms with van der Waals surface area (Å²) in [5.74, 6) is 0.381. The molecule has 0 atom stereocenters. The Kier molecular flexibility index (Phi) is 4.89. The molecule has 7 nitrogen and oxygen atoms in total. The molecule has 1 amide bonds. The maximum atomic E-state index is 12.7. The topological polar surface area (TPSA) is 79.6 Å². The van der Waals surface area contributed by atoms with E-state index < -0.39 is 5.56 Å². The Morgan fingerprint density at radius 1 is 1.26 bits per heavy atom. The molecule has 0 aliphatic carbocycles. The Balaban J connectivity index is 1.60. The third-order valence-electron chi connectivity index (χ3n) is 4.83. The van der Waals surface area contributed by atoms with E-state index >= 15 is 0 Å². The second-order valence-corrected chi connectivity index (χ2v) is 7.83. The molecule has 0 radical (unpaired) electrons. The molecule has 1 fully saturated rings. The number of carbonyl (C=O) groups excluding carboxylic acids is 1. The molecule has 1 aliphatic heterocycles. The SMILES string of the molecule is CC1CCN(c2nn3c(C(=O)NCc4ccccc4)cc(=O)nc3s2)CC1. The van der Waals surface area contributed by atoms with Crippen molar-refractivity contribution in [3.63, 3.8) is 0 Å². The van der Waals surface area contributed by atoms with Crippen LogP contribution in [0.15, 0.2) is 41.2 Å². The van der Waals surface area contributed by atoms with Gasteiger partial charge in [-0.15, -0.1) is 5.10 Å². The van der Waals surface area contributed by atoms with Crippen LogP contribution in [-0.4, -0.2) is 33.6 Å². The number of hydrogen-bond acceptors (Lipinski definition) is 6. The van der Waals surface area contributed by atoms with Gasteiger partial charge in [-0.1, -0.05) is 48.6 Å². The first-order chi connectivity index (χ1) is 13.1. The monoisotopic (exact) mass is 383 g/mol. The molecule has 3 aromatic rings. The van der Waals surface area contributed by atoms with Gasteiger partial charge in [0.2, 0.25) is 10.1 Å². The average Bonchev–Trinajstić information content (AvgIpc) is 3.10. The van der Waals surface area contributed by atoms with Crippen molar-refractivity contribution in [3.8, 4) is 0 Å². The number of piperidine rings is 1. The van der Waals surface area contributed by atoms with E-state index in [-0.39, 0.29) is 11.6 Å². The number of anilines is 1. The number of aromatic nitrogens is 3. The summed E-state index contributed by atoms with van der Waals surface area (Å²) >= 11 is 1.35. The lowest BCUT2D eigenvalue weighted by Gasteiger charge is -2.29. The first-order valence-electron chi connectivity index (χ1n) is 9.08. The summed E-state index contributed by atoms with van der Waals surface area (Å²) in [4.78, 5) is 31.3. The quantitative estimate of drug-likeness (QED) is 0.748. The minimum absolute atomic E-state index is 0.216. The highest BCUT2D eigenvalue weighted by atomic mass is 32.1. The third-order valence-corrected chi connectivity index (χ3v) is 5.80. The molecule has 1 aromatic carbocycles. The van der Waals surface area contributed by atoms with Crippen molar-refractivity contribution in [2.24, 2.45) is 5.92 Å². The van der Waals surface area contributed by atoms with Crippen molar-refractivity contribution in [3.05, 3.63) is 58.0 Å². The zero-order valence-corrected chi connectivity index (χ0v) is 15.9. The average molecular weight is 383 g/mol. The van der Waals surface area contributed by atoms with E-state index in [0.717, 1.165) is 36.6 Å². The summed E-state index contributed by atoms with van der Waals surface area (Å²) in [7, 11) is 0. The van der Waals surface area contributed by atoms with E-state index in [1.807, 2.05) is 30.3 Å². The first-order valence-corrected chi connectivity index (χ1v) is 9.90. The molecule has 8 heteroatoms. The van der Waals surface area contributed by atoms with Gasteiger partial charge in [-0.3, -0.25) is 9.59 Å². The van der Waals surface area contributed by atoms with Gasteiger partial charge in [0.05, 0.1) is 0 Å². The number of benzene rings is 1. The van der Waals surface area contributed by atoms with Gasteiger partial charge in [-0.25, -0.2) is 0 Å². The molecule has 1 N–H and O–H groups in total. The molecule has 0 saturated carbocycles. The van der Waals surface area contributed by atoms with Crippen molar-refractivity contribution in [1.82, 2.24) is 19.9 Å². The largest absolute Gasteiger partial charge is 0.347 e. The van der Waals surface area contributed by atoms with Gasteiger partial charge in [-0.05, 0) is 24.3 Å². The van der Waals surface area contributed by atoms with E-state index in [9.17, 15) is 9.59 Å². The van der Waals surface area contributed by atoms with Crippen molar-refractivity contribution in [2.75, 3.05) is 18.0 Å². The van der Waals surface area contributed by atoms with Crippen molar-refractivity contribution < 1.29 is 4.79 Å². The zero-order chi connectivity index (χ0) is 18.8. The van der Waals surface area contributed by atoms with E-state index in [4.69, 9.17) is 0 Å². The van der Waals surface area contributed by atoms with Gasteiger partial charge in [0.15, 0.2) is 0 Å². The number of nitrogens with one attached hydrogen (secondary N) is 1. The van der Waals surface area contributed by atoms with Crippen LogP contribution in [-0.2, 0) is 6.54 Å². The number of hydrogen-bond donors (Lipinski definition) is 1. The molecule has 1 aliphatic rings. The fourth-order valence-corrected chi connectivity index (χ4v) is 4.12. The van der Waals surface area contributed by atoms with Crippen molar-refractivity contribution in [2.45, 2.75) is 26.3 Å². The van der Waals surface area contributed by atoms with Crippen LogP contribution < -0.4 is 15.8 Å². The van der Waals surface area contributed by atoms with Crippen LogP contribution in [0.1, 0.15) is 35.8 Å². The molecule has 3 heterocycles. The Labute approximate surface area is 160 Å². The van der Waals surface area contributed by atoms with Crippen LogP contribution in [0.4, 0.5) is 5.13 Å². The number of nitrogens with zero attached hydrogens (tertiary/aromatic N) is 4. The maximum Gasteiger partial charge on any atom is 0.274 e. The van der Waals surface area contributed by atoms with E-state index in [1.165, 1.54) is 21.9 Å². The molecule has 0 bridgehead atoms. The van der Waals surface area contributed by atoms with E-state index in [1.54, 1.807) is 0 Å². The molecule has 140 valence electrons. The number of amides is 1. The standard InChI is InChI=1S/C19H21N5O2S/c1-13-7-9-23(10-8-13)19-22-24-15(11-16(25)21-18(24)27-19)17(26)20-12-14-5-3-2-4-6-14/h2-6,11,13H,7-10,12H2,1H3,(H,20,26). The Morgan fingerprint density at radius 2 is 2.00 bits per heavy atom. The smallest absolute Gasteiger partial charge is 0.274 e. The maximum absolute atomic E-state index is 12.7.